The third-order valence-corrected chi connectivity index (χ3v) is 11.3. The summed E-state index contributed by atoms with van der Waals surface area (Å²) in [5.41, 5.74) is 1.88. The molecular weight excluding hydrogens is 380 g/mol. The molecule has 4 aliphatic carbocycles. The molecule has 3 fully saturated rings. The SMILES string of the molecule is CC[C@@H](CC[C@@H](C)[C@@H]1CC[C@@H]2[C@@H]3CC=C4C[C@H](O)CC[C@]4(CO)[C@@H]3CC[C@@]21C)C(C)C. The molecule has 31 heavy (non-hydrogen) atoms. The summed E-state index contributed by atoms with van der Waals surface area (Å²) < 4.78 is 0. The number of aliphatic hydroxyl groups is 2. The van der Waals surface area contributed by atoms with Gasteiger partial charge in [0.25, 0.3) is 0 Å². The molecule has 0 unspecified atom stereocenters. The summed E-state index contributed by atoms with van der Waals surface area (Å²) in [6, 6.07) is 0. The topological polar surface area (TPSA) is 40.5 Å². The largest absolute Gasteiger partial charge is 0.395 e. The molecule has 0 aliphatic heterocycles. The molecule has 4 rings (SSSR count). The van der Waals surface area contributed by atoms with Gasteiger partial charge < -0.3 is 10.2 Å². The van der Waals surface area contributed by atoms with Crippen molar-refractivity contribution in [3.05, 3.63) is 11.6 Å². The van der Waals surface area contributed by atoms with Gasteiger partial charge in [-0.15, -0.1) is 0 Å². The van der Waals surface area contributed by atoms with Gasteiger partial charge in [-0.05, 0) is 105 Å². The fourth-order valence-corrected chi connectivity index (χ4v) is 9.39. The van der Waals surface area contributed by atoms with Crippen molar-refractivity contribution < 1.29 is 10.2 Å². The second-order valence-corrected chi connectivity index (χ2v) is 12.7. The molecule has 2 N–H and O–H groups in total. The van der Waals surface area contributed by atoms with Crippen LogP contribution in [0.4, 0.5) is 0 Å². The second kappa shape index (κ2) is 9.13. The van der Waals surface area contributed by atoms with Gasteiger partial charge in [-0.2, -0.15) is 0 Å². The van der Waals surface area contributed by atoms with Crippen LogP contribution in [0.2, 0.25) is 0 Å². The van der Waals surface area contributed by atoms with Crippen molar-refractivity contribution in [3.8, 4) is 0 Å². The molecular formula is C29H50O2. The summed E-state index contributed by atoms with van der Waals surface area (Å²) in [6.45, 7) is 12.7. The van der Waals surface area contributed by atoms with Crippen molar-refractivity contribution >= 4 is 0 Å². The average Bonchev–Trinajstić information content (AvgIpc) is 3.10. The van der Waals surface area contributed by atoms with E-state index in [9.17, 15) is 10.2 Å². The van der Waals surface area contributed by atoms with Crippen molar-refractivity contribution in [1.82, 2.24) is 0 Å². The van der Waals surface area contributed by atoms with Crippen molar-refractivity contribution in [2.45, 2.75) is 111 Å². The number of allylic oxidation sites excluding steroid dienone is 1. The molecule has 0 radical (unpaired) electrons. The molecule has 3 saturated carbocycles. The zero-order valence-electron chi connectivity index (χ0n) is 21.1. The van der Waals surface area contributed by atoms with Crippen molar-refractivity contribution in [3.63, 3.8) is 0 Å². The van der Waals surface area contributed by atoms with Crippen LogP contribution in [0.15, 0.2) is 11.6 Å². The smallest absolute Gasteiger partial charge is 0.0577 e. The first-order chi connectivity index (χ1) is 14.8. The van der Waals surface area contributed by atoms with E-state index in [-0.39, 0.29) is 11.5 Å². The molecule has 178 valence electrons. The average molecular weight is 431 g/mol. The van der Waals surface area contributed by atoms with Crippen molar-refractivity contribution in [2.24, 2.45) is 52.3 Å². The molecule has 0 aromatic heterocycles. The summed E-state index contributed by atoms with van der Waals surface area (Å²) in [5, 5.41) is 20.9. The summed E-state index contributed by atoms with van der Waals surface area (Å²) in [4.78, 5) is 0. The lowest BCUT2D eigenvalue weighted by atomic mass is 9.46. The molecule has 2 heteroatoms. The van der Waals surface area contributed by atoms with E-state index in [1.165, 1.54) is 56.9 Å². The first-order valence-electron chi connectivity index (χ1n) is 13.7. The first-order valence-corrected chi connectivity index (χ1v) is 13.7. The molecule has 4 aliphatic rings. The van der Waals surface area contributed by atoms with Gasteiger partial charge in [0.05, 0.1) is 12.7 Å². The normalized spacial score (nSPS) is 44.3. The lowest BCUT2D eigenvalue weighted by molar-refractivity contribution is -0.0797. The molecule has 0 spiro atoms. The van der Waals surface area contributed by atoms with E-state index in [4.69, 9.17) is 0 Å². The van der Waals surface area contributed by atoms with Crippen molar-refractivity contribution in [1.29, 1.82) is 0 Å². The Morgan fingerprint density at radius 3 is 2.48 bits per heavy atom. The molecule has 0 aromatic rings. The van der Waals surface area contributed by atoms with Crippen molar-refractivity contribution in [2.75, 3.05) is 6.61 Å². The summed E-state index contributed by atoms with van der Waals surface area (Å²) in [5.74, 6) is 5.64. The van der Waals surface area contributed by atoms with E-state index in [2.05, 4.69) is 40.7 Å². The van der Waals surface area contributed by atoms with Crippen LogP contribution in [0.1, 0.15) is 105 Å². The minimum absolute atomic E-state index is 0.0151. The Morgan fingerprint density at radius 1 is 1.03 bits per heavy atom. The maximum absolute atomic E-state index is 10.6. The van der Waals surface area contributed by atoms with Gasteiger partial charge in [-0.25, -0.2) is 0 Å². The van der Waals surface area contributed by atoms with Gasteiger partial charge in [-0.1, -0.05) is 59.1 Å². The lowest BCUT2D eigenvalue weighted by Crippen LogP contribution is -2.53. The quantitative estimate of drug-likeness (QED) is 0.427. The minimum atomic E-state index is -0.189. The molecule has 0 amide bonds. The van der Waals surface area contributed by atoms with Gasteiger partial charge in [0.15, 0.2) is 0 Å². The second-order valence-electron chi connectivity index (χ2n) is 12.7. The van der Waals surface area contributed by atoms with Crippen LogP contribution in [0.25, 0.3) is 0 Å². The van der Waals surface area contributed by atoms with Gasteiger partial charge in [0.1, 0.15) is 0 Å². The predicted octanol–water partition coefficient (Wildman–Crippen LogP) is 7.00. The van der Waals surface area contributed by atoms with Gasteiger partial charge >= 0.3 is 0 Å². The lowest BCUT2D eigenvalue weighted by Gasteiger charge is -2.59. The van der Waals surface area contributed by atoms with Gasteiger partial charge in [0.2, 0.25) is 0 Å². The highest BCUT2D eigenvalue weighted by molar-refractivity contribution is 5.26. The Morgan fingerprint density at radius 2 is 1.81 bits per heavy atom. The molecule has 0 aromatic carbocycles. The Bertz CT molecular complexity index is 653. The van der Waals surface area contributed by atoms with Crippen LogP contribution in [-0.4, -0.2) is 22.9 Å². The number of rotatable bonds is 7. The summed E-state index contributed by atoms with van der Waals surface area (Å²) in [7, 11) is 0. The van der Waals surface area contributed by atoms with Crippen LogP contribution < -0.4 is 0 Å². The predicted molar refractivity (Wildman–Crippen MR) is 130 cm³/mol. The first kappa shape index (κ1) is 23.8. The number of aliphatic hydroxyl groups excluding tert-OH is 2. The fraction of sp³-hybridized carbons (Fsp3) is 0.931. The Kier molecular flexibility index (Phi) is 7.01. The number of fused-ring (bicyclic) bond motifs is 5. The van der Waals surface area contributed by atoms with E-state index in [1.807, 2.05) is 0 Å². The van der Waals surface area contributed by atoms with Crippen LogP contribution in [0.3, 0.4) is 0 Å². The van der Waals surface area contributed by atoms with Crippen LogP contribution in [-0.2, 0) is 0 Å². The highest BCUT2D eigenvalue weighted by Crippen LogP contribution is 2.67. The maximum atomic E-state index is 10.6. The highest BCUT2D eigenvalue weighted by atomic mass is 16.3. The molecule has 9 atom stereocenters. The van der Waals surface area contributed by atoms with E-state index in [0.717, 1.165) is 54.8 Å². The monoisotopic (exact) mass is 430 g/mol. The van der Waals surface area contributed by atoms with E-state index >= 15 is 0 Å². The fourth-order valence-electron chi connectivity index (χ4n) is 9.39. The molecule has 2 nitrogen and oxygen atoms in total. The van der Waals surface area contributed by atoms with E-state index in [0.29, 0.717) is 17.9 Å². The summed E-state index contributed by atoms with van der Waals surface area (Å²) in [6.07, 6.45) is 15.7. The van der Waals surface area contributed by atoms with Crippen LogP contribution >= 0.6 is 0 Å². The number of hydrogen-bond acceptors (Lipinski definition) is 2. The maximum Gasteiger partial charge on any atom is 0.0577 e. The molecule has 0 heterocycles. The number of hydrogen-bond donors (Lipinski definition) is 2. The minimum Gasteiger partial charge on any atom is -0.395 e. The highest BCUT2D eigenvalue weighted by Gasteiger charge is 2.60. The Labute approximate surface area is 192 Å². The van der Waals surface area contributed by atoms with Crippen LogP contribution in [0.5, 0.6) is 0 Å². The van der Waals surface area contributed by atoms with E-state index in [1.54, 1.807) is 0 Å². The van der Waals surface area contributed by atoms with E-state index < -0.39 is 0 Å². The third kappa shape index (κ3) is 3.96. The zero-order chi connectivity index (χ0) is 22.4. The molecule has 0 bridgehead atoms. The van der Waals surface area contributed by atoms with Crippen LogP contribution in [0, 0.1) is 52.3 Å². The zero-order valence-corrected chi connectivity index (χ0v) is 21.1. The standard InChI is InChI=1S/C29H50O2/c1-6-21(19(2)3)8-7-20(4)25-11-12-26-24-10-9-22-17-23(31)13-16-29(22,18-30)27(24)14-15-28(25,26)5/h9,19-21,23-27,30-31H,6-8,10-18H2,1-5H3/t20-,21+,23-,24+,25+,26-,27-,28-,29-/m1/s1. The Hall–Kier alpha value is -0.340. The van der Waals surface area contributed by atoms with Gasteiger partial charge in [-0.3, -0.25) is 0 Å². The third-order valence-electron chi connectivity index (χ3n) is 11.3. The molecule has 0 saturated heterocycles. The summed E-state index contributed by atoms with van der Waals surface area (Å²) >= 11 is 0. The Balaban J connectivity index is 1.50. The van der Waals surface area contributed by atoms with Gasteiger partial charge in [0, 0.05) is 5.41 Å².